The van der Waals surface area contributed by atoms with Crippen molar-refractivity contribution in [2.45, 2.75) is 25.3 Å². The van der Waals surface area contributed by atoms with Crippen molar-refractivity contribution in [3.8, 4) is 5.75 Å². The zero-order valence-corrected chi connectivity index (χ0v) is 19.9. The van der Waals surface area contributed by atoms with Gasteiger partial charge in [-0.25, -0.2) is 9.97 Å². The predicted molar refractivity (Wildman–Crippen MR) is 130 cm³/mol. The molecule has 8 heteroatoms. The van der Waals surface area contributed by atoms with Crippen LogP contribution in [-0.4, -0.2) is 61.7 Å². The summed E-state index contributed by atoms with van der Waals surface area (Å²) in [6.45, 7) is 5.51. The number of hydrogen-bond acceptors (Lipinski definition) is 6. The van der Waals surface area contributed by atoms with Gasteiger partial charge in [0, 0.05) is 50.7 Å². The molecule has 3 aliphatic heterocycles. The molecule has 0 spiro atoms. The third-order valence-corrected chi connectivity index (χ3v) is 6.99. The number of ether oxygens (including phenoxy) is 1. The Morgan fingerprint density at radius 1 is 0.871 bits per heavy atom. The van der Waals surface area contributed by atoms with E-state index in [9.17, 15) is 0 Å². The molecule has 3 aliphatic rings. The lowest BCUT2D eigenvalue weighted by Crippen LogP contribution is -2.31. The predicted octanol–water partition coefficient (Wildman–Crippen LogP) is 4.06. The molecule has 31 heavy (non-hydrogen) atoms. The second-order valence-corrected chi connectivity index (χ2v) is 8.77. The molecular formula is C23H33Cl2N5O. The van der Waals surface area contributed by atoms with Crippen LogP contribution in [0.4, 0.5) is 11.6 Å². The van der Waals surface area contributed by atoms with Crippen LogP contribution < -0.4 is 14.5 Å². The minimum absolute atomic E-state index is 0. The van der Waals surface area contributed by atoms with Crippen LogP contribution in [0, 0.1) is 11.8 Å². The molecule has 0 radical (unpaired) electrons. The molecule has 6 nitrogen and oxygen atoms in total. The van der Waals surface area contributed by atoms with Crippen LogP contribution in [0.5, 0.6) is 5.75 Å². The average molecular weight is 466 g/mol. The van der Waals surface area contributed by atoms with Crippen LogP contribution in [-0.2, 0) is 0 Å². The Labute approximate surface area is 197 Å². The minimum Gasteiger partial charge on any atom is -0.497 e. The van der Waals surface area contributed by atoms with E-state index in [2.05, 4.69) is 62.0 Å². The highest BCUT2D eigenvalue weighted by Gasteiger charge is 2.46. The lowest BCUT2D eigenvalue weighted by molar-refractivity contribution is 0.279. The van der Waals surface area contributed by atoms with Crippen molar-refractivity contribution in [2.24, 2.45) is 11.8 Å². The number of benzene rings is 1. The van der Waals surface area contributed by atoms with E-state index in [1.807, 2.05) is 0 Å². The van der Waals surface area contributed by atoms with Crippen molar-refractivity contribution in [3.05, 3.63) is 42.2 Å². The van der Waals surface area contributed by atoms with Gasteiger partial charge in [-0.1, -0.05) is 12.1 Å². The number of fused-ring (bicyclic) bond motifs is 1. The van der Waals surface area contributed by atoms with Gasteiger partial charge in [0.2, 0.25) is 0 Å². The zero-order chi connectivity index (χ0) is 19.8. The number of nitrogens with zero attached hydrogens (tertiary/aromatic N) is 5. The molecule has 3 atom stereocenters. The molecule has 3 saturated heterocycles. The van der Waals surface area contributed by atoms with Crippen molar-refractivity contribution in [1.29, 1.82) is 0 Å². The maximum absolute atomic E-state index is 5.34. The molecule has 4 heterocycles. The standard InChI is InChI=1S/C23H31N5O.2ClH/c1-26-13-18-14-28(15-20(18)23(26)17-6-8-19(29-2)9-7-17)22-12-21(24-16-25-22)27-10-4-3-5-11-27;;/h6-9,12,16,18,20,23H,3-5,10-11,13-15H2,1-2H3;2*1H/t18-,20+,23+;;/m0../s1. The Kier molecular flexibility index (Phi) is 7.89. The third-order valence-electron chi connectivity index (χ3n) is 6.99. The Bertz CT molecular complexity index is 846. The Morgan fingerprint density at radius 3 is 2.23 bits per heavy atom. The summed E-state index contributed by atoms with van der Waals surface area (Å²) in [5, 5.41) is 0. The normalized spacial score (nSPS) is 25.5. The van der Waals surface area contributed by atoms with Gasteiger partial charge in [0.15, 0.2) is 0 Å². The van der Waals surface area contributed by atoms with Crippen molar-refractivity contribution in [3.63, 3.8) is 0 Å². The Balaban J connectivity index is 0.00000136. The molecular weight excluding hydrogens is 433 g/mol. The van der Waals surface area contributed by atoms with E-state index in [0.717, 1.165) is 50.1 Å². The largest absolute Gasteiger partial charge is 0.497 e. The SMILES string of the molecule is COc1ccc([C@@H]2[C@@H]3CN(c4cc(N5CCCCC5)ncn4)C[C@@H]3CN2C)cc1.Cl.Cl. The van der Waals surface area contributed by atoms with E-state index in [4.69, 9.17) is 4.74 Å². The van der Waals surface area contributed by atoms with Crippen LogP contribution in [0.1, 0.15) is 30.9 Å². The molecule has 3 fully saturated rings. The number of aromatic nitrogens is 2. The summed E-state index contributed by atoms with van der Waals surface area (Å²) in [6, 6.07) is 11.3. The first-order chi connectivity index (χ1) is 14.2. The summed E-state index contributed by atoms with van der Waals surface area (Å²) in [5.74, 6) is 4.41. The van der Waals surface area contributed by atoms with Crippen LogP contribution in [0.3, 0.4) is 0 Å². The highest BCUT2D eigenvalue weighted by molar-refractivity contribution is 5.85. The second kappa shape index (κ2) is 10.2. The van der Waals surface area contributed by atoms with Crippen molar-refractivity contribution in [2.75, 3.05) is 56.7 Å². The smallest absolute Gasteiger partial charge is 0.134 e. The summed E-state index contributed by atoms with van der Waals surface area (Å²) < 4.78 is 5.34. The van der Waals surface area contributed by atoms with Gasteiger partial charge in [-0.05, 0) is 49.9 Å². The molecule has 1 aromatic carbocycles. The zero-order valence-electron chi connectivity index (χ0n) is 18.3. The number of methoxy groups -OCH3 is 1. The first kappa shape index (κ1) is 23.9. The first-order valence-electron chi connectivity index (χ1n) is 10.9. The summed E-state index contributed by atoms with van der Waals surface area (Å²) in [7, 11) is 3.98. The fraction of sp³-hybridized carbons (Fsp3) is 0.565. The molecule has 0 amide bonds. The van der Waals surface area contributed by atoms with Crippen molar-refractivity contribution >= 4 is 36.4 Å². The Hall–Kier alpha value is -1.76. The highest BCUT2D eigenvalue weighted by Crippen LogP contribution is 2.45. The minimum atomic E-state index is 0. The van der Waals surface area contributed by atoms with E-state index < -0.39 is 0 Å². The second-order valence-electron chi connectivity index (χ2n) is 8.77. The number of hydrogen-bond donors (Lipinski definition) is 0. The average Bonchev–Trinajstić information content (AvgIpc) is 3.31. The molecule has 1 aromatic heterocycles. The number of halogens is 2. The van der Waals surface area contributed by atoms with Crippen LogP contribution >= 0.6 is 24.8 Å². The molecule has 5 rings (SSSR count). The third kappa shape index (κ3) is 4.71. The molecule has 0 bridgehead atoms. The van der Waals surface area contributed by atoms with Crippen LogP contribution in [0.15, 0.2) is 36.7 Å². The number of piperidine rings is 1. The van der Waals surface area contributed by atoms with Gasteiger partial charge in [-0.2, -0.15) is 0 Å². The van der Waals surface area contributed by atoms with Gasteiger partial charge in [-0.3, -0.25) is 4.90 Å². The topological polar surface area (TPSA) is 44.7 Å². The summed E-state index contributed by atoms with van der Waals surface area (Å²) in [6.07, 6.45) is 5.62. The quantitative estimate of drug-likeness (QED) is 0.678. The molecule has 0 unspecified atom stereocenters. The van der Waals surface area contributed by atoms with E-state index in [0.29, 0.717) is 17.9 Å². The van der Waals surface area contributed by atoms with E-state index in [1.54, 1.807) is 13.4 Å². The summed E-state index contributed by atoms with van der Waals surface area (Å²) >= 11 is 0. The van der Waals surface area contributed by atoms with Gasteiger partial charge in [0.05, 0.1) is 7.11 Å². The number of rotatable bonds is 4. The van der Waals surface area contributed by atoms with Gasteiger partial charge in [0.25, 0.3) is 0 Å². The number of likely N-dealkylation sites (tertiary alicyclic amines) is 1. The monoisotopic (exact) mass is 465 g/mol. The van der Waals surface area contributed by atoms with Gasteiger partial charge in [0.1, 0.15) is 23.7 Å². The summed E-state index contributed by atoms with van der Waals surface area (Å²) in [4.78, 5) is 16.6. The van der Waals surface area contributed by atoms with Gasteiger partial charge >= 0.3 is 0 Å². The maximum atomic E-state index is 5.34. The lowest BCUT2D eigenvalue weighted by atomic mass is 9.89. The molecule has 0 saturated carbocycles. The van der Waals surface area contributed by atoms with E-state index in [-0.39, 0.29) is 24.8 Å². The van der Waals surface area contributed by atoms with Crippen LogP contribution in [0.25, 0.3) is 0 Å². The maximum Gasteiger partial charge on any atom is 0.134 e. The fourth-order valence-electron chi connectivity index (χ4n) is 5.55. The summed E-state index contributed by atoms with van der Waals surface area (Å²) in [5.41, 5.74) is 1.39. The molecule has 0 aliphatic carbocycles. The number of anilines is 2. The van der Waals surface area contributed by atoms with Gasteiger partial charge < -0.3 is 14.5 Å². The lowest BCUT2D eigenvalue weighted by Gasteiger charge is -2.29. The molecule has 0 N–H and O–H groups in total. The van der Waals surface area contributed by atoms with Crippen molar-refractivity contribution < 1.29 is 4.74 Å². The van der Waals surface area contributed by atoms with Crippen molar-refractivity contribution in [1.82, 2.24) is 14.9 Å². The molecule has 2 aromatic rings. The highest BCUT2D eigenvalue weighted by atomic mass is 35.5. The van der Waals surface area contributed by atoms with Crippen LogP contribution in [0.2, 0.25) is 0 Å². The van der Waals surface area contributed by atoms with Gasteiger partial charge in [-0.15, -0.1) is 24.8 Å². The fourth-order valence-corrected chi connectivity index (χ4v) is 5.55. The van der Waals surface area contributed by atoms with E-state index in [1.165, 1.54) is 24.8 Å². The van der Waals surface area contributed by atoms with E-state index >= 15 is 0 Å². The molecule has 170 valence electrons. The first-order valence-corrected chi connectivity index (χ1v) is 10.9. The Morgan fingerprint density at radius 2 is 1.55 bits per heavy atom.